The molecule has 16 nitrogen and oxygen atoms in total. The Morgan fingerprint density at radius 2 is 1.94 bits per heavy atom. The smallest absolute Gasteiger partial charge is 0.383 e. The van der Waals surface area contributed by atoms with Crippen LogP contribution in [0.5, 0.6) is 5.75 Å². The Balaban J connectivity index is 1.16. The van der Waals surface area contributed by atoms with Gasteiger partial charge in [0.25, 0.3) is 11.5 Å². The minimum Gasteiger partial charge on any atom is -0.383 e. The number of fused-ring (bicyclic) bond motifs is 5. The molecule has 0 aliphatic carbocycles. The fourth-order valence-corrected chi connectivity index (χ4v) is 8.37. The molecule has 276 valence electrons. The van der Waals surface area contributed by atoms with Crippen LogP contribution >= 0.6 is 0 Å². The molecule has 3 aliphatic heterocycles. The average Bonchev–Trinajstić information content (AvgIpc) is 3.49. The third-order valence-electron chi connectivity index (χ3n) is 10.00. The first kappa shape index (κ1) is 35.9. The summed E-state index contributed by atoms with van der Waals surface area (Å²) in [7, 11) is -0.447. The maximum absolute atomic E-state index is 13.8. The Morgan fingerprint density at radius 3 is 2.63 bits per heavy atom. The summed E-state index contributed by atoms with van der Waals surface area (Å²) >= 11 is 0. The summed E-state index contributed by atoms with van der Waals surface area (Å²) in [6.45, 7) is 6.31. The molecule has 1 unspecified atom stereocenters. The van der Waals surface area contributed by atoms with E-state index in [0.29, 0.717) is 77.5 Å². The number of nitrogens with one attached hydrogen (secondary N) is 1. The van der Waals surface area contributed by atoms with Gasteiger partial charge in [0.05, 0.1) is 62.5 Å². The van der Waals surface area contributed by atoms with Gasteiger partial charge in [0.15, 0.2) is 0 Å². The minimum atomic E-state index is -4.22. The number of benzene rings is 1. The second-order valence-electron chi connectivity index (χ2n) is 13.7. The van der Waals surface area contributed by atoms with Crippen LogP contribution in [0, 0.1) is 0 Å². The van der Waals surface area contributed by atoms with Crippen LogP contribution in [0.15, 0.2) is 41.5 Å². The third-order valence-corrected chi connectivity index (χ3v) is 11.4. The molecule has 0 radical (unpaired) electrons. The molecule has 1 fully saturated rings. The summed E-state index contributed by atoms with van der Waals surface area (Å²) in [6.07, 6.45) is 4.16. The maximum atomic E-state index is 13.8. The largest absolute Gasteiger partial charge is 0.393 e. The molecule has 0 spiro atoms. The molecule has 17 heteroatoms. The van der Waals surface area contributed by atoms with Crippen LogP contribution in [-0.4, -0.2) is 95.3 Å². The lowest BCUT2D eigenvalue weighted by atomic mass is 9.86. The second kappa shape index (κ2) is 13.8. The number of aliphatic hydroxyl groups is 1. The van der Waals surface area contributed by atoms with Crippen LogP contribution in [0.25, 0.3) is 22.3 Å². The number of pyridine rings is 2. The first-order valence-electron chi connectivity index (χ1n) is 17.3. The van der Waals surface area contributed by atoms with E-state index in [1.165, 1.54) is 10.5 Å². The first-order chi connectivity index (χ1) is 24.9. The van der Waals surface area contributed by atoms with E-state index in [4.69, 9.17) is 19.1 Å². The average molecular weight is 736 g/mol. The molecule has 7 rings (SSSR count). The van der Waals surface area contributed by atoms with Crippen molar-refractivity contribution in [3.63, 3.8) is 0 Å². The van der Waals surface area contributed by atoms with Gasteiger partial charge in [0.2, 0.25) is 0 Å². The highest BCUT2D eigenvalue weighted by Crippen LogP contribution is 2.39. The Kier molecular flexibility index (Phi) is 9.51. The second-order valence-corrected chi connectivity index (χ2v) is 15.3. The zero-order chi connectivity index (χ0) is 36.9. The number of hydrogen-bond donors (Lipinski definition) is 3. The number of carbonyl (C=O) groups is 1. The van der Waals surface area contributed by atoms with Gasteiger partial charge in [-0.3, -0.25) is 19.7 Å². The highest BCUT2D eigenvalue weighted by Gasteiger charge is 2.38. The highest BCUT2D eigenvalue weighted by atomic mass is 32.2. The van der Waals surface area contributed by atoms with Crippen LogP contribution in [0.4, 0.5) is 5.95 Å². The molecule has 0 saturated carbocycles. The van der Waals surface area contributed by atoms with Gasteiger partial charge in [-0.2, -0.15) is 12.7 Å². The first-order valence-corrected chi connectivity index (χ1v) is 18.7. The summed E-state index contributed by atoms with van der Waals surface area (Å²) in [5.41, 5.74) is 4.74. The van der Waals surface area contributed by atoms with Crippen molar-refractivity contribution in [3.05, 3.63) is 74.8 Å². The molecule has 1 atom stereocenters. The number of piperazine rings is 1. The van der Waals surface area contributed by atoms with Crippen molar-refractivity contribution in [1.82, 2.24) is 29.2 Å². The van der Waals surface area contributed by atoms with Crippen molar-refractivity contribution in [1.29, 1.82) is 0 Å². The number of amides is 1. The quantitative estimate of drug-likeness (QED) is 0.106. The van der Waals surface area contributed by atoms with Crippen molar-refractivity contribution in [3.8, 4) is 17.1 Å². The number of aryl methyl sites for hydroxylation is 1. The van der Waals surface area contributed by atoms with Crippen molar-refractivity contribution >= 4 is 33.1 Å². The van der Waals surface area contributed by atoms with Gasteiger partial charge in [-0.1, -0.05) is 18.8 Å². The molecule has 1 saturated heterocycles. The summed E-state index contributed by atoms with van der Waals surface area (Å²) in [5.74, 6) is 0.120. The van der Waals surface area contributed by atoms with E-state index in [1.807, 2.05) is 54.4 Å². The maximum Gasteiger partial charge on any atom is 0.393 e. The number of hydroxylamine groups is 1. The summed E-state index contributed by atoms with van der Waals surface area (Å²) in [6, 6.07) is 7.17. The van der Waals surface area contributed by atoms with Crippen molar-refractivity contribution < 1.29 is 37.0 Å². The molecule has 3 N–H and O–H groups in total. The van der Waals surface area contributed by atoms with E-state index in [0.717, 1.165) is 12.0 Å². The predicted octanol–water partition coefficient (Wildman–Crippen LogP) is 1.27. The SMILES string of the molecule is CCC[n+]1cc(C(=O)NO)cnc1N1CCN(S(=O)(=O)Oc2ccc3nc4c(cc3c2CN(C)C)Cn2c-4cc3c(c2=O)COCC3(O)CC)CC1. The topological polar surface area (TPSA) is 184 Å². The Labute approximate surface area is 301 Å². The molecular formula is C35H43N8O8S+. The summed E-state index contributed by atoms with van der Waals surface area (Å²) < 4.78 is 43.8. The van der Waals surface area contributed by atoms with E-state index < -0.39 is 21.8 Å². The Morgan fingerprint density at radius 1 is 1.17 bits per heavy atom. The van der Waals surface area contributed by atoms with Gasteiger partial charge >= 0.3 is 16.3 Å². The van der Waals surface area contributed by atoms with E-state index in [2.05, 4.69) is 4.98 Å². The van der Waals surface area contributed by atoms with E-state index >= 15 is 0 Å². The third kappa shape index (κ3) is 6.30. The normalized spacial score (nSPS) is 18.7. The lowest BCUT2D eigenvalue weighted by molar-refractivity contribution is -0.687. The van der Waals surface area contributed by atoms with Gasteiger partial charge in [-0.15, -0.1) is 0 Å². The molecule has 4 aromatic rings. The van der Waals surface area contributed by atoms with Gasteiger partial charge in [0.1, 0.15) is 23.1 Å². The number of carbonyl (C=O) groups excluding carboxylic acids is 1. The Hall–Kier alpha value is -4.52. The number of ether oxygens (including phenoxy) is 1. The van der Waals surface area contributed by atoms with E-state index in [1.54, 1.807) is 28.4 Å². The standard InChI is InChI=1S/C35H42N8O8S/c1-5-9-41-17-23(32(44)38-47)16-36-34(41)40-10-12-42(13-11-40)52(48,49)51-30-8-7-28-24(25(30)19-39(3)4)14-22-18-43-29(31(22)37-28)15-27-26(33(43)45)20-50-21-35(27,46)6-2/h7-8,14-17,46H,5-6,9-13,18-21H2,1-4H3,(H-,37,38,44,45,47)/p+1. The van der Waals surface area contributed by atoms with Crippen molar-refractivity contribution in [2.45, 2.75) is 58.5 Å². The number of rotatable bonds is 10. The highest BCUT2D eigenvalue weighted by molar-refractivity contribution is 7.84. The monoisotopic (exact) mass is 735 g/mol. The summed E-state index contributed by atoms with van der Waals surface area (Å²) in [5, 5.41) is 21.0. The molecule has 52 heavy (non-hydrogen) atoms. The molecule has 0 bridgehead atoms. The minimum absolute atomic E-state index is 0.115. The van der Waals surface area contributed by atoms with Crippen LogP contribution < -0.4 is 24.7 Å². The number of hydrogen-bond acceptors (Lipinski definition) is 12. The molecule has 6 heterocycles. The molecule has 3 aromatic heterocycles. The van der Waals surface area contributed by atoms with Crippen LogP contribution in [0.2, 0.25) is 0 Å². The van der Waals surface area contributed by atoms with Gasteiger partial charge < -0.3 is 23.5 Å². The number of aromatic nitrogens is 4. The van der Waals surface area contributed by atoms with Crippen LogP contribution in [-0.2, 0) is 46.9 Å². The van der Waals surface area contributed by atoms with Gasteiger partial charge in [-0.25, -0.2) is 15.0 Å². The molecule has 3 aliphatic rings. The summed E-state index contributed by atoms with van der Waals surface area (Å²) in [4.78, 5) is 38.9. The fraction of sp³-hybridized carbons (Fsp3) is 0.457. The van der Waals surface area contributed by atoms with E-state index in [-0.39, 0.29) is 49.7 Å². The van der Waals surface area contributed by atoms with Crippen LogP contribution in [0.3, 0.4) is 0 Å². The zero-order valence-corrected chi connectivity index (χ0v) is 30.4. The van der Waals surface area contributed by atoms with Crippen molar-refractivity contribution in [2.75, 3.05) is 51.8 Å². The lowest BCUT2D eigenvalue weighted by Crippen LogP contribution is -2.54. The van der Waals surface area contributed by atoms with Gasteiger partial charge in [0, 0.05) is 41.7 Å². The van der Waals surface area contributed by atoms with Crippen molar-refractivity contribution in [2.24, 2.45) is 0 Å². The fourth-order valence-electron chi connectivity index (χ4n) is 7.27. The van der Waals surface area contributed by atoms with Crippen LogP contribution in [0.1, 0.15) is 59.3 Å². The predicted molar refractivity (Wildman–Crippen MR) is 189 cm³/mol. The Bertz CT molecular complexity index is 2240. The molecule has 1 aromatic carbocycles. The zero-order valence-electron chi connectivity index (χ0n) is 29.6. The molecule has 1 amide bonds. The molecular weight excluding hydrogens is 693 g/mol. The van der Waals surface area contributed by atoms with E-state index in [9.17, 15) is 23.1 Å². The van der Waals surface area contributed by atoms with Gasteiger partial charge in [-0.05, 0) is 56.8 Å². The lowest BCUT2D eigenvalue weighted by Gasteiger charge is -2.33. The number of anilines is 1. The number of nitrogens with zero attached hydrogens (tertiary/aromatic N) is 7.